The van der Waals surface area contributed by atoms with Crippen molar-refractivity contribution >= 4 is 45.6 Å². The van der Waals surface area contributed by atoms with Gasteiger partial charge in [0.1, 0.15) is 0 Å². The van der Waals surface area contributed by atoms with Crippen molar-refractivity contribution in [1.82, 2.24) is 0 Å². The highest BCUT2D eigenvalue weighted by Crippen LogP contribution is 2.53. The molecular weight excluding hydrogens is 583 g/mol. The standard InChI is InChI=1S/C42H46O3P/c1-24(2)28-13-15-30-19-38(36(26(5)6)22-33(30)17-28)40-21-32-11-9-10-12-35(32)41(42(40)46(43,44)45)39-20-31-16-14-29(25(3)4)18-34(31)23-37(39)27(7)8/h9-27,43-45H,1-8H3/q+1. The molecule has 236 valence electrons. The van der Waals surface area contributed by atoms with Crippen LogP contribution in [-0.2, 0) is 0 Å². The Morgan fingerprint density at radius 3 is 1.41 bits per heavy atom. The van der Waals surface area contributed by atoms with Crippen LogP contribution in [0.4, 0.5) is 0 Å². The van der Waals surface area contributed by atoms with E-state index in [-0.39, 0.29) is 17.1 Å². The van der Waals surface area contributed by atoms with Gasteiger partial charge in [-0.25, -0.2) is 0 Å². The lowest BCUT2D eigenvalue weighted by atomic mass is 9.83. The highest BCUT2D eigenvalue weighted by atomic mass is 31.2. The van der Waals surface area contributed by atoms with E-state index >= 15 is 0 Å². The van der Waals surface area contributed by atoms with Gasteiger partial charge in [0.25, 0.3) is 0 Å². The first-order valence-corrected chi connectivity index (χ1v) is 18.2. The van der Waals surface area contributed by atoms with Crippen molar-refractivity contribution in [1.29, 1.82) is 0 Å². The average molecular weight is 630 g/mol. The summed E-state index contributed by atoms with van der Waals surface area (Å²) in [6, 6.07) is 32.2. The van der Waals surface area contributed by atoms with Crippen molar-refractivity contribution in [2.75, 3.05) is 0 Å². The molecule has 0 unspecified atom stereocenters. The molecule has 46 heavy (non-hydrogen) atoms. The minimum atomic E-state index is -4.54. The lowest BCUT2D eigenvalue weighted by Gasteiger charge is -2.23. The molecule has 6 aromatic carbocycles. The van der Waals surface area contributed by atoms with Gasteiger partial charge >= 0.3 is 7.94 Å². The normalized spacial score (nSPS) is 12.6. The molecule has 0 aliphatic heterocycles. The van der Waals surface area contributed by atoms with Crippen LogP contribution in [0.5, 0.6) is 0 Å². The molecule has 0 saturated heterocycles. The van der Waals surface area contributed by atoms with E-state index in [0.717, 1.165) is 54.6 Å². The Morgan fingerprint density at radius 1 is 0.435 bits per heavy atom. The molecule has 6 rings (SSSR count). The highest BCUT2D eigenvalue weighted by molar-refractivity contribution is 7.67. The molecule has 4 heteroatoms. The first-order valence-electron chi connectivity index (χ1n) is 16.5. The third kappa shape index (κ3) is 5.87. The molecule has 3 nitrogen and oxygen atoms in total. The SMILES string of the molecule is CC(C)c1ccc2cc(-c3cc4ccccc4c(-c4cc5ccc(C(C)C)cc5cc4C(C)C)c3[P+](O)(O)O)c(C(C)C)cc2c1. The van der Waals surface area contributed by atoms with Gasteiger partial charge in [-0.15, -0.1) is 0 Å². The smallest absolute Gasteiger partial charge is 0.189 e. The summed E-state index contributed by atoms with van der Waals surface area (Å²) in [5.41, 5.74) is 7.97. The van der Waals surface area contributed by atoms with Gasteiger partial charge in [0.05, 0.1) is 0 Å². The maximum atomic E-state index is 11.4. The lowest BCUT2D eigenvalue weighted by molar-refractivity contribution is 0.347. The van der Waals surface area contributed by atoms with E-state index in [9.17, 15) is 14.7 Å². The van der Waals surface area contributed by atoms with Gasteiger partial charge in [-0.3, -0.25) is 0 Å². The minimum Gasteiger partial charge on any atom is -0.189 e. The molecule has 0 aliphatic carbocycles. The molecule has 0 atom stereocenters. The molecule has 0 fully saturated rings. The van der Waals surface area contributed by atoms with Crippen molar-refractivity contribution in [2.24, 2.45) is 0 Å². The molecule has 6 aromatic rings. The van der Waals surface area contributed by atoms with Crippen LogP contribution in [0.3, 0.4) is 0 Å². The molecule has 0 heterocycles. The van der Waals surface area contributed by atoms with Gasteiger partial charge in [0, 0.05) is 11.1 Å². The van der Waals surface area contributed by atoms with Crippen molar-refractivity contribution in [3.05, 3.63) is 113 Å². The number of fused-ring (bicyclic) bond motifs is 3. The summed E-state index contributed by atoms with van der Waals surface area (Å²) in [6.07, 6.45) is 0. The fraction of sp³-hybridized carbons (Fsp3) is 0.286. The first kappa shape index (κ1) is 32.4. The second-order valence-electron chi connectivity index (χ2n) is 14.1. The van der Waals surface area contributed by atoms with Gasteiger partial charge in [-0.1, -0.05) is 128 Å². The Hall–Kier alpha value is -3.59. The maximum Gasteiger partial charge on any atom is 0.442 e. The number of hydrogen-bond donors (Lipinski definition) is 3. The minimum absolute atomic E-state index is 0.156. The zero-order valence-electron chi connectivity index (χ0n) is 28.3. The van der Waals surface area contributed by atoms with Gasteiger partial charge < -0.3 is 0 Å². The second kappa shape index (κ2) is 12.2. The van der Waals surface area contributed by atoms with E-state index in [1.54, 1.807) is 0 Å². The molecule has 0 aliphatic rings. The van der Waals surface area contributed by atoms with Crippen LogP contribution in [0.1, 0.15) is 101 Å². The first-order chi connectivity index (χ1) is 21.7. The largest absolute Gasteiger partial charge is 0.442 e. The Morgan fingerprint density at radius 2 is 0.913 bits per heavy atom. The Labute approximate surface area is 274 Å². The topological polar surface area (TPSA) is 60.7 Å². The van der Waals surface area contributed by atoms with Crippen molar-refractivity contribution in [2.45, 2.75) is 79.1 Å². The average Bonchev–Trinajstić information content (AvgIpc) is 3.01. The second-order valence-corrected chi connectivity index (χ2v) is 15.7. The molecule has 0 amide bonds. The Kier molecular flexibility index (Phi) is 8.59. The number of hydrogen-bond acceptors (Lipinski definition) is 3. The predicted molar refractivity (Wildman–Crippen MR) is 199 cm³/mol. The third-order valence-electron chi connectivity index (χ3n) is 9.52. The van der Waals surface area contributed by atoms with Crippen molar-refractivity contribution in [3.63, 3.8) is 0 Å². The van der Waals surface area contributed by atoms with Gasteiger partial charge in [0.2, 0.25) is 0 Å². The summed E-state index contributed by atoms with van der Waals surface area (Å²) < 4.78 is 0. The molecule has 0 aromatic heterocycles. The monoisotopic (exact) mass is 629 g/mol. The maximum absolute atomic E-state index is 11.4. The molecular formula is C42H46O3P+. The zero-order chi connectivity index (χ0) is 33.1. The van der Waals surface area contributed by atoms with Gasteiger partial charge in [-0.2, -0.15) is 14.7 Å². The molecule has 0 spiro atoms. The van der Waals surface area contributed by atoms with Crippen molar-refractivity contribution in [3.8, 4) is 22.3 Å². The van der Waals surface area contributed by atoms with E-state index < -0.39 is 7.94 Å². The van der Waals surface area contributed by atoms with E-state index in [4.69, 9.17) is 0 Å². The summed E-state index contributed by atoms with van der Waals surface area (Å²) in [4.78, 5) is 34.3. The van der Waals surface area contributed by atoms with Gasteiger partial charge in [-0.05, 0) is 108 Å². The van der Waals surface area contributed by atoms with E-state index in [1.807, 2.05) is 24.3 Å². The fourth-order valence-corrected chi connectivity index (χ4v) is 7.97. The zero-order valence-corrected chi connectivity index (χ0v) is 29.2. The van der Waals surface area contributed by atoms with Crippen LogP contribution in [0.15, 0.2) is 91.0 Å². The number of rotatable bonds is 7. The van der Waals surface area contributed by atoms with E-state index in [0.29, 0.717) is 23.0 Å². The summed E-state index contributed by atoms with van der Waals surface area (Å²) in [7, 11) is -4.54. The van der Waals surface area contributed by atoms with Crippen LogP contribution in [-0.4, -0.2) is 14.7 Å². The Balaban J connectivity index is 1.76. The Bertz CT molecular complexity index is 2100. The summed E-state index contributed by atoms with van der Waals surface area (Å²) >= 11 is 0. The predicted octanol–water partition coefficient (Wildman–Crippen LogP) is 11.3. The highest BCUT2D eigenvalue weighted by Gasteiger charge is 2.43. The van der Waals surface area contributed by atoms with Crippen LogP contribution < -0.4 is 5.30 Å². The lowest BCUT2D eigenvalue weighted by Crippen LogP contribution is -2.18. The van der Waals surface area contributed by atoms with E-state index in [2.05, 4.69) is 122 Å². The quantitative estimate of drug-likeness (QED) is 0.154. The summed E-state index contributed by atoms with van der Waals surface area (Å²) in [6.45, 7) is 17.5. The van der Waals surface area contributed by atoms with E-state index in [1.165, 1.54) is 11.1 Å². The molecule has 0 radical (unpaired) electrons. The van der Waals surface area contributed by atoms with Gasteiger partial charge in [0.15, 0.2) is 5.30 Å². The molecule has 0 saturated carbocycles. The van der Waals surface area contributed by atoms with Crippen LogP contribution in [0.2, 0.25) is 0 Å². The summed E-state index contributed by atoms with van der Waals surface area (Å²) in [5, 5.41) is 6.57. The van der Waals surface area contributed by atoms with Crippen LogP contribution in [0, 0.1) is 0 Å². The van der Waals surface area contributed by atoms with Crippen LogP contribution >= 0.6 is 7.94 Å². The fourth-order valence-electron chi connectivity index (χ4n) is 6.92. The molecule has 0 bridgehead atoms. The molecule has 3 N–H and O–H groups in total. The van der Waals surface area contributed by atoms with Crippen LogP contribution in [0.25, 0.3) is 54.6 Å². The number of benzene rings is 6. The third-order valence-corrected chi connectivity index (χ3v) is 10.6. The van der Waals surface area contributed by atoms with Crippen molar-refractivity contribution < 1.29 is 14.7 Å². The summed E-state index contributed by atoms with van der Waals surface area (Å²) in [5.74, 6) is 1.15.